The molecule has 1 aliphatic heterocycles. The summed E-state index contributed by atoms with van der Waals surface area (Å²) in [6.07, 6.45) is 7.62. The third-order valence-electron chi connectivity index (χ3n) is 6.48. The van der Waals surface area contributed by atoms with Crippen molar-refractivity contribution in [3.05, 3.63) is 53.1 Å². The van der Waals surface area contributed by atoms with E-state index in [1.165, 1.54) is 17.5 Å². The first-order valence-corrected chi connectivity index (χ1v) is 13.7. The van der Waals surface area contributed by atoms with Crippen LogP contribution in [0.1, 0.15) is 76.3 Å². The highest BCUT2D eigenvalue weighted by Gasteiger charge is 2.35. The van der Waals surface area contributed by atoms with Crippen LogP contribution in [0.2, 0.25) is 0 Å². The molecule has 1 fully saturated rings. The first-order chi connectivity index (χ1) is 15.7. The molecule has 0 saturated heterocycles. The van der Waals surface area contributed by atoms with Crippen molar-refractivity contribution in [1.29, 1.82) is 0 Å². The van der Waals surface area contributed by atoms with Crippen molar-refractivity contribution in [2.75, 3.05) is 11.9 Å². The molecule has 0 atom stereocenters. The van der Waals surface area contributed by atoms with Crippen molar-refractivity contribution in [2.24, 2.45) is 4.99 Å². The van der Waals surface area contributed by atoms with Crippen LogP contribution in [0, 0.1) is 0 Å². The Hall–Kier alpha value is -2.34. The second kappa shape index (κ2) is 9.49. The SMILES string of the molecule is CCCC[P+](O)(O)C=C1CCC(c2ccc(C3=Nc4c(N)ncnc4OC3(C)C)cc2)CC1. The predicted molar refractivity (Wildman–Crippen MR) is 134 cm³/mol. The number of hydrogen-bond acceptors (Lipinski definition) is 7. The van der Waals surface area contributed by atoms with Gasteiger partial charge in [0.1, 0.15) is 23.9 Å². The van der Waals surface area contributed by atoms with Crippen LogP contribution < -0.4 is 10.5 Å². The summed E-state index contributed by atoms with van der Waals surface area (Å²) in [6.45, 7) is 6.02. The van der Waals surface area contributed by atoms with Gasteiger partial charge in [-0.3, -0.25) is 0 Å². The van der Waals surface area contributed by atoms with E-state index in [4.69, 9.17) is 15.5 Å². The minimum absolute atomic E-state index is 0.308. The Bertz CT molecular complexity index is 1050. The van der Waals surface area contributed by atoms with Gasteiger partial charge in [-0.2, -0.15) is 4.98 Å². The fourth-order valence-electron chi connectivity index (χ4n) is 4.62. The Morgan fingerprint density at radius 1 is 1.15 bits per heavy atom. The highest BCUT2D eigenvalue weighted by Crippen LogP contribution is 2.54. The van der Waals surface area contributed by atoms with Crippen LogP contribution in [-0.2, 0) is 0 Å². The van der Waals surface area contributed by atoms with E-state index in [2.05, 4.69) is 41.2 Å². The molecule has 2 heterocycles. The fourth-order valence-corrected chi connectivity index (χ4v) is 6.37. The van der Waals surface area contributed by atoms with E-state index in [0.717, 1.165) is 49.8 Å². The number of aromatic nitrogens is 2. The number of hydrogen-bond donors (Lipinski definition) is 3. The van der Waals surface area contributed by atoms with Gasteiger partial charge >= 0.3 is 0 Å². The Morgan fingerprint density at radius 3 is 2.52 bits per heavy atom. The van der Waals surface area contributed by atoms with Gasteiger partial charge in [0.15, 0.2) is 11.5 Å². The van der Waals surface area contributed by atoms with Crippen LogP contribution in [0.3, 0.4) is 0 Å². The van der Waals surface area contributed by atoms with Crippen LogP contribution in [0.4, 0.5) is 11.5 Å². The molecule has 2 aliphatic rings. The number of aliphatic imine (C=N–C) groups is 1. The van der Waals surface area contributed by atoms with Crippen LogP contribution in [-0.4, -0.2) is 37.2 Å². The number of anilines is 1. The molecule has 0 spiro atoms. The summed E-state index contributed by atoms with van der Waals surface area (Å²) in [5, 5.41) is 0. The maximum atomic E-state index is 10.3. The molecule has 4 N–H and O–H groups in total. The minimum Gasteiger partial charge on any atom is -0.463 e. The summed E-state index contributed by atoms with van der Waals surface area (Å²) in [4.78, 5) is 33.6. The molecule has 1 saturated carbocycles. The molecule has 1 aromatic heterocycles. The standard InChI is InChI=1S/C25H34N4O3P/c1-4-5-14-33(30,31)15-17-6-8-18(9-7-17)19-10-12-20(13-11-19)22-25(2,3)32-24-21(29-22)23(26)27-16-28-24/h10-13,15-16,18,30-31H,4-9,14H2,1-3H3,(H2,26,27,28)/q+1. The zero-order chi connectivity index (χ0) is 23.6. The molecule has 0 radical (unpaired) electrons. The zero-order valence-corrected chi connectivity index (χ0v) is 20.6. The normalized spacial score (nSPS) is 20.0. The molecule has 176 valence electrons. The van der Waals surface area contributed by atoms with Crippen molar-refractivity contribution in [2.45, 2.75) is 70.8 Å². The number of nitrogen functional groups attached to an aromatic ring is 1. The molecule has 33 heavy (non-hydrogen) atoms. The average Bonchev–Trinajstić information content (AvgIpc) is 2.77. The van der Waals surface area contributed by atoms with E-state index >= 15 is 0 Å². The van der Waals surface area contributed by atoms with E-state index in [1.54, 1.807) is 5.82 Å². The lowest BCUT2D eigenvalue weighted by Crippen LogP contribution is -2.41. The first-order valence-electron chi connectivity index (χ1n) is 11.7. The third kappa shape index (κ3) is 5.43. The van der Waals surface area contributed by atoms with Gasteiger partial charge in [0.25, 0.3) is 7.72 Å². The smallest absolute Gasteiger partial charge is 0.292 e. The summed E-state index contributed by atoms with van der Waals surface area (Å²) in [7, 11) is -2.89. The van der Waals surface area contributed by atoms with Gasteiger partial charge in [-0.15, -0.1) is 0 Å². The maximum Gasteiger partial charge on any atom is 0.292 e. The van der Waals surface area contributed by atoms with Crippen molar-refractivity contribution in [1.82, 2.24) is 9.97 Å². The van der Waals surface area contributed by atoms with E-state index in [1.807, 2.05) is 13.8 Å². The quantitative estimate of drug-likeness (QED) is 0.480. The van der Waals surface area contributed by atoms with Crippen LogP contribution >= 0.6 is 7.72 Å². The topological polar surface area (TPSA) is 114 Å². The lowest BCUT2D eigenvalue weighted by atomic mass is 9.81. The van der Waals surface area contributed by atoms with Gasteiger partial charge in [0.05, 0.1) is 5.71 Å². The fraction of sp³-hybridized carbons (Fsp3) is 0.480. The number of nitrogens with two attached hydrogens (primary N) is 1. The molecule has 0 bridgehead atoms. The molecule has 0 unspecified atom stereocenters. The van der Waals surface area contributed by atoms with E-state index in [9.17, 15) is 9.79 Å². The first kappa shape index (κ1) is 23.8. The molecule has 4 rings (SSSR count). The second-order valence-electron chi connectivity index (χ2n) is 9.53. The zero-order valence-electron chi connectivity index (χ0n) is 19.7. The summed E-state index contributed by atoms with van der Waals surface area (Å²) < 4.78 is 6.08. The predicted octanol–water partition coefficient (Wildman–Crippen LogP) is 5.52. The Balaban J connectivity index is 1.47. The molecule has 2 aromatic rings. The molecule has 0 amide bonds. The van der Waals surface area contributed by atoms with Gasteiger partial charge in [-0.05, 0) is 63.0 Å². The number of fused-ring (bicyclic) bond motifs is 1. The molecule has 1 aliphatic carbocycles. The van der Waals surface area contributed by atoms with Gasteiger partial charge in [-0.1, -0.05) is 37.6 Å². The summed E-state index contributed by atoms with van der Waals surface area (Å²) >= 11 is 0. The Kier molecular flexibility index (Phi) is 6.85. The van der Waals surface area contributed by atoms with E-state index in [-0.39, 0.29) is 0 Å². The number of allylic oxidation sites excluding steroid dienone is 1. The number of rotatable bonds is 6. The number of ether oxygens (including phenoxy) is 1. The van der Waals surface area contributed by atoms with Crippen molar-refractivity contribution < 1.29 is 14.5 Å². The molecular weight excluding hydrogens is 435 g/mol. The van der Waals surface area contributed by atoms with Crippen molar-refractivity contribution in [3.63, 3.8) is 0 Å². The number of unbranched alkanes of at least 4 members (excludes halogenated alkanes) is 1. The van der Waals surface area contributed by atoms with Gasteiger partial charge in [-0.25, -0.2) is 19.8 Å². The van der Waals surface area contributed by atoms with Crippen molar-refractivity contribution >= 4 is 24.9 Å². The summed E-state index contributed by atoms with van der Waals surface area (Å²) in [5.74, 6) is 2.98. The van der Waals surface area contributed by atoms with E-state index in [0.29, 0.717) is 29.5 Å². The summed E-state index contributed by atoms with van der Waals surface area (Å²) in [6, 6.07) is 8.53. The third-order valence-corrected chi connectivity index (χ3v) is 8.23. The van der Waals surface area contributed by atoms with Crippen LogP contribution in [0.5, 0.6) is 5.88 Å². The van der Waals surface area contributed by atoms with Gasteiger partial charge in [0.2, 0.25) is 5.88 Å². The lowest BCUT2D eigenvalue weighted by molar-refractivity contribution is 0.171. The second-order valence-corrected chi connectivity index (χ2v) is 11.8. The van der Waals surface area contributed by atoms with E-state index < -0.39 is 13.3 Å². The van der Waals surface area contributed by atoms with Crippen LogP contribution in [0.15, 0.2) is 47.0 Å². The number of nitrogens with zero attached hydrogens (tertiary/aromatic N) is 3. The van der Waals surface area contributed by atoms with Crippen LogP contribution in [0.25, 0.3) is 0 Å². The average molecular weight is 470 g/mol. The highest BCUT2D eigenvalue weighted by molar-refractivity contribution is 7.67. The Labute approximate surface area is 196 Å². The Morgan fingerprint density at radius 2 is 1.85 bits per heavy atom. The monoisotopic (exact) mass is 469 g/mol. The maximum absolute atomic E-state index is 10.3. The number of benzene rings is 1. The minimum atomic E-state index is -2.89. The van der Waals surface area contributed by atoms with Crippen molar-refractivity contribution in [3.8, 4) is 5.88 Å². The molecule has 8 heteroatoms. The van der Waals surface area contributed by atoms with Gasteiger partial charge in [0, 0.05) is 5.56 Å². The summed E-state index contributed by atoms with van der Waals surface area (Å²) in [5.41, 5.74) is 10.1. The molecule has 1 aromatic carbocycles. The highest BCUT2D eigenvalue weighted by atomic mass is 31.2. The lowest BCUT2D eigenvalue weighted by Gasteiger charge is -2.32. The molecule has 7 nitrogen and oxygen atoms in total. The molecular formula is C25H34N4O3P+. The van der Waals surface area contributed by atoms with Gasteiger partial charge < -0.3 is 10.5 Å². The largest absolute Gasteiger partial charge is 0.463 e.